The van der Waals surface area contributed by atoms with Crippen molar-refractivity contribution >= 4 is 0 Å². The van der Waals surface area contributed by atoms with Gasteiger partial charge in [0.15, 0.2) is 0 Å². The van der Waals surface area contributed by atoms with E-state index in [1.54, 1.807) is 0 Å². The van der Waals surface area contributed by atoms with Gasteiger partial charge in [0, 0.05) is 24.7 Å². The Bertz CT molecular complexity index is 136. The first-order valence-electron chi connectivity index (χ1n) is 4.85. The van der Waals surface area contributed by atoms with Crippen LogP contribution in [-0.2, 0) is 0 Å². The third kappa shape index (κ3) is 2.73. The normalized spacial score (nSPS) is 35.0. The molecule has 4 N–H and O–H groups in total. The molecule has 3 heteroatoms. The van der Waals surface area contributed by atoms with Gasteiger partial charge >= 0.3 is 0 Å². The number of likely N-dealkylation sites (tertiary alicyclic amines) is 1. The molecule has 0 saturated carbocycles. The zero-order chi connectivity index (χ0) is 9.14. The van der Waals surface area contributed by atoms with Crippen molar-refractivity contribution in [1.82, 2.24) is 4.90 Å². The lowest BCUT2D eigenvalue weighted by Gasteiger charge is -2.37. The van der Waals surface area contributed by atoms with Crippen molar-refractivity contribution in [3.63, 3.8) is 0 Å². The second-order valence-electron chi connectivity index (χ2n) is 4.11. The second kappa shape index (κ2) is 4.21. The van der Waals surface area contributed by atoms with Crippen molar-refractivity contribution < 1.29 is 0 Å². The van der Waals surface area contributed by atoms with Crippen molar-refractivity contribution in [2.75, 3.05) is 13.1 Å². The summed E-state index contributed by atoms with van der Waals surface area (Å²) in [5.41, 5.74) is 11.6. The van der Waals surface area contributed by atoms with E-state index in [0.717, 1.165) is 25.9 Å². The molecule has 0 aromatic carbocycles. The highest BCUT2D eigenvalue weighted by Gasteiger charge is 2.23. The van der Waals surface area contributed by atoms with Gasteiger partial charge in [-0.2, -0.15) is 0 Å². The summed E-state index contributed by atoms with van der Waals surface area (Å²) in [5, 5.41) is 0. The Hall–Kier alpha value is -0.120. The number of hydrogen-bond donors (Lipinski definition) is 2. The van der Waals surface area contributed by atoms with Gasteiger partial charge in [-0.3, -0.25) is 4.90 Å². The molecule has 72 valence electrons. The molecule has 1 rings (SSSR count). The lowest BCUT2D eigenvalue weighted by Crippen LogP contribution is -2.49. The molecule has 0 aliphatic carbocycles. The average Bonchev–Trinajstić information content (AvgIpc) is 1.94. The minimum Gasteiger partial charge on any atom is -0.328 e. The van der Waals surface area contributed by atoms with Crippen LogP contribution < -0.4 is 11.5 Å². The van der Waals surface area contributed by atoms with Crippen LogP contribution in [0.15, 0.2) is 0 Å². The SMILES string of the molecule is CC(N)CN1CCC(N)CC1C. The van der Waals surface area contributed by atoms with Gasteiger partial charge in [-0.25, -0.2) is 0 Å². The van der Waals surface area contributed by atoms with Crippen molar-refractivity contribution in [2.45, 2.75) is 44.8 Å². The molecule has 0 bridgehead atoms. The molecular formula is C9H21N3. The highest BCUT2D eigenvalue weighted by Crippen LogP contribution is 2.15. The topological polar surface area (TPSA) is 55.3 Å². The van der Waals surface area contributed by atoms with Gasteiger partial charge in [-0.15, -0.1) is 0 Å². The largest absolute Gasteiger partial charge is 0.328 e. The lowest BCUT2D eigenvalue weighted by atomic mass is 9.99. The third-order valence-electron chi connectivity index (χ3n) is 2.58. The van der Waals surface area contributed by atoms with Gasteiger partial charge in [0.25, 0.3) is 0 Å². The van der Waals surface area contributed by atoms with E-state index in [1.165, 1.54) is 0 Å². The summed E-state index contributed by atoms with van der Waals surface area (Å²) in [6.45, 7) is 6.42. The molecule has 1 saturated heterocycles. The van der Waals surface area contributed by atoms with Gasteiger partial charge in [0.1, 0.15) is 0 Å². The predicted octanol–water partition coefficient (Wildman–Crippen LogP) is 0.145. The Balaban J connectivity index is 2.34. The van der Waals surface area contributed by atoms with Crippen LogP contribution in [-0.4, -0.2) is 36.1 Å². The molecule has 3 nitrogen and oxygen atoms in total. The zero-order valence-corrected chi connectivity index (χ0v) is 8.16. The van der Waals surface area contributed by atoms with Gasteiger partial charge in [0.2, 0.25) is 0 Å². The Morgan fingerprint density at radius 3 is 2.75 bits per heavy atom. The van der Waals surface area contributed by atoms with E-state index in [-0.39, 0.29) is 6.04 Å². The fraction of sp³-hybridized carbons (Fsp3) is 1.00. The second-order valence-corrected chi connectivity index (χ2v) is 4.11. The van der Waals surface area contributed by atoms with E-state index in [2.05, 4.69) is 18.7 Å². The molecule has 0 amide bonds. The van der Waals surface area contributed by atoms with E-state index in [1.807, 2.05) is 0 Å². The van der Waals surface area contributed by atoms with Crippen molar-refractivity contribution in [3.8, 4) is 0 Å². The maximum absolute atomic E-state index is 5.86. The van der Waals surface area contributed by atoms with E-state index < -0.39 is 0 Å². The van der Waals surface area contributed by atoms with Crippen LogP contribution in [0.2, 0.25) is 0 Å². The fourth-order valence-electron chi connectivity index (χ4n) is 1.90. The summed E-state index contributed by atoms with van der Waals surface area (Å²) in [6, 6.07) is 1.30. The minimum atomic E-state index is 0.279. The summed E-state index contributed by atoms with van der Waals surface area (Å²) in [7, 11) is 0. The Labute approximate surface area is 75.1 Å². The Kier molecular flexibility index (Phi) is 3.50. The number of rotatable bonds is 2. The molecule has 3 unspecified atom stereocenters. The number of nitrogens with zero attached hydrogens (tertiary/aromatic N) is 1. The molecule has 1 aliphatic heterocycles. The van der Waals surface area contributed by atoms with Crippen LogP contribution in [0.25, 0.3) is 0 Å². The van der Waals surface area contributed by atoms with Crippen LogP contribution in [0.5, 0.6) is 0 Å². The van der Waals surface area contributed by atoms with Crippen LogP contribution in [0.1, 0.15) is 26.7 Å². The van der Waals surface area contributed by atoms with E-state index in [0.29, 0.717) is 12.1 Å². The van der Waals surface area contributed by atoms with Gasteiger partial charge in [0.05, 0.1) is 0 Å². The highest BCUT2D eigenvalue weighted by molar-refractivity contribution is 4.81. The number of piperidine rings is 1. The first-order valence-corrected chi connectivity index (χ1v) is 4.85. The maximum atomic E-state index is 5.86. The summed E-state index contributed by atoms with van der Waals surface area (Å²) in [5.74, 6) is 0. The Morgan fingerprint density at radius 1 is 1.58 bits per heavy atom. The summed E-state index contributed by atoms with van der Waals surface area (Å²) < 4.78 is 0. The molecule has 3 atom stereocenters. The number of nitrogens with two attached hydrogens (primary N) is 2. The molecule has 0 radical (unpaired) electrons. The van der Waals surface area contributed by atoms with Gasteiger partial charge in [-0.05, 0) is 33.2 Å². The van der Waals surface area contributed by atoms with E-state index in [4.69, 9.17) is 11.5 Å². The van der Waals surface area contributed by atoms with Crippen LogP contribution in [0.3, 0.4) is 0 Å². The summed E-state index contributed by atoms with van der Waals surface area (Å²) in [4.78, 5) is 2.44. The molecule has 0 aromatic rings. The van der Waals surface area contributed by atoms with E-state index >= 15 is 0 Å². The summed E-state index contributed by atoms with van der Waals surface area (Å²) in [6.07, 6.45) is 2.24. The first-order chi connectivity index (χ1) is 5.59. The lowest BCUT2D eigenvalue weighted by molar-refractivity contribution is 0.141. The molecule has 0 spiro atoms. The molecule has 0 aromatic heterocycles. The van der Waals surface area contributed by atoms with Gasteiger partial charge in [-0.1, -0.05) is 0 Å². The van der Waals surface area contributed by atoms with Crippen molar-refractivity contribution in [1.29, 1.82) is 0 Å². The first kappa shape index (κ1) is 9.96. The monoisotopic (exact) mass is 171 g/mol. The molecule has 1 aliphatic rings. The van der Waals surface area contributed by atoms with Gasteiger partial charge < -0.3 is 11.5 Å². The Morgan fingerprint density at radius 2 is 2.25 bits per heavy atom. The molecular weight excluding hydrogens is 150 g/mol. The molecule has 1 heterocycles. The quantitative estimate of drug-likeness (QED) is 0.621. The highest BCUT2D eigenvalue weighted by atomic mass is 15.2. The molecule has 12 heavy (non-hydrogen) atoms. The zero-order valence-electron chi connectivity index (χ0n) is 8.16. The summed E-state index contributed by atoms with van der Waals surface area (Å²) >= 11 is 0. The van der Waals surface area contributed by atoms with Crippen LogP contribution in [0, 0.1) is 0 Å². The average molecular weight is 171 g/mol. The van der Waals surface area contributed by atoms with E-state index in [9.17, 15) is 0 Å². The maximum Gasteiger partial charge on any atom is 0.0139 e. The standard InChI is InChI=1S/C9H21N3/c1-7(10)6-12-4-3-9(11)5-8(12)2/h7-9H,3-6,10-11H2,1-2H3. The van der Waals surface area contributed by atoms with Crippen LogP contribution >= 0.6 is 0 Å². The smallest absolute Gasteiger partial charge is 0.0139 e. The fourth-order valence-corrected chi connectivity index (χ4v) is 1.90. The number of hydrogen-bond acceptors (Lipinski definition) is 3. The van der Waals surface area contributed by atoms with Crippen molar-refractivity contribution in [3.05, 3.63) is 0 Å². The predicted molar refractivity (Wildman–Crippen MR) is 51.9 cm³/mol. The molecule has 1 fully saturated rings. The van der Waals surface area contributed by atoms with Crippen molar-refractivity contribution in [2.24, 2.45) is 11.5 Å². The minimum absolute atomic E-state index is 0.279. The third-order valence-corrected chi connectivity index (χ3v) is 2.58. The van der Waals surface area contributed by atoms with Crippen LogP contribution in [0.4, 0.5) is 0 Å².